The second-order valence-corrected chi connectivity index (χ2v) is 4.43. The molecule has 0 heterocycles. The van der Waals surface area contributed by atoms with Gasteiger partial charge in [0.1, 0.15) is 5.75 Å². The molecule has 0 aliphatic carbocycles. The van der Waals surface area contributed by atoms with E-state index in [-0.39, 0.29) is 49.1 Å². The van der Waals surface area contributed by atoms with Crippen LogP contribution in [0.1, 0.15) is 30.1 Å². The Balaban J connectivity index is 2.21. The van der Waals surface area contributed by atoms with Gasteiger partial charge in [-0.25, -0.2) is 0 Å². The molecular formula is C15H20N2O5. The Morgan fingerprint density at radius 1 is 1.09 bits per heavy atom. The number of carbonyl (C=O) groups excluding carboxylic acids is 3. The summed E-state index contributed by atoms with van der Waals surface area (Å²) < 4.78 is 4.73. The second-order valence-electron chi connectivity index (χ2n) is 4.43. The zero-order chi connectivity index (χ0) is 16.4. The van der Waals surface area contributed by atoms with Gasteiger partial charge in [0.05, 0.1) is 18.6 Å². The van der Waals surface area contributed by atoms with Crippen molar-refractivity contribution in [2.24, 2.45) is 0 Å². The average Bonchev–Trinajstić information content (AvgIpc) is 2.47. The molecule has 0 saturated carbocycles. The van der Waals surface area contributed by atoms with E-state index in [1.807, 2.05) is 0 Å². The third kappa shape index (κ3) is 6.25. The molecule has 0 fully saturated rings. The van der Waals surface area contributed by atoms with Crippen molar-refractivity contribution in [2.75, 3.05) is 19.7 Å². The Morgan fingerprint density at radius 2 is 1.77 bits per heavy atom. The van der Waals surface area contributed by atoms with Crippen LogP contribution in [0.3, 0.4) is 0 Å². The smallest absolute Gasteiger partial charge is 0.307 e. The van der Waals surface area contributed by atoms with Crippen LogP contribution >= 0.6 is 0 Å². The molecule has 1 rings (SSSR count). The van der Waals surface area contributed by atoms with Gasteiger partial charge in [-0.1, -0.05) is 12.1 Å². The van der Waals surface area contributed by atoms with Gasteiger partial charge >= 0.3 is 5.97 Å². The van der Waals surface area contributed by atoms with Gasteiger partial charge < -0.3 is 20.5 Å². The topological polar surface area (TPSA) is 105 Å². The quantitative estimate of drug-likeness (QED) is 0.609. The van der Waals surface area contributed by atoms with Gasteiger partial charge in [-0.2, -0.15) is 0 Å². The van der Waals surface area contributed by atoms with E-state index in [1.54, 1.807) is 19.1 Å². The van der Waals surface area contributed by atoms with Crippen molar-refractivity contribution in [3.8, 4) is 5.75 Å². The number of phenolic OH excluding ortho intramolecular Hbond substituents is 1. The monoisotopic (exact) mass is 308 g/mol. The molecule has 0 aliphatic rings. The molecule has 0 atom stereocenters. The lowest BCUT2D eigenvalue weighted by atomic mass is 10.2. The summed E-state index contributed by atoms with van der Waals surface area (Å²) in [5.74, 6) is -1.20. The van der Waals surface area contributed by atoms with Crippen LogP contribution in [-0.2, 0) is 14.3 Å². The van der Waals surface area contributed by atoms with Crippen LogP contribution in [0.5, 0.6) is 5.75 Å². The second kappa shape index (κ2) is 9.38. The number of aromatic hydroxyl groups is 1. The summed E-state index contributed by atoms with van der Waals surface area (Å²) in [7, 11) is 0. The number of esters is 1. The maximum atomic E-state index is 11.8. The van der Waals surface area contributed by atoms with Gasteiger partial charge in [0.2, 0.25) is 5.91 Å². The lowest BCUT2D eigenvalue weighted by Gasteiger charge is -2.07. The van der Waals surface area contributed by atoms with Gasteiger partial charge in [-0.05, 0) is 19.1 Å². The summed E-state index contributed by atoms with van der Waals surface area (Å²) in [5.41, 5.74) is 0.158. The standard InChI is InChI=1S/C15H20N2O5/c1-2-22-14(20)8-10-16-13(19)7-9-17-15(21)11-5-3-4-6-12(11)18/h3-6,18H,2,7-10H2,1H3,(H,16,19)(H,17,21). The van der Waals surface area contributed by atoms with Gasteiger partial charge in [0.15, 0.2) is 0 Å². The minimum atomic E-state index is -0.447. The van der Waals surface area contributed by atoms with Crippen LogP contribution in [0.25, 0.3) is 0 Å². The van der Waals surface area contributed by atoms with Crippen molar-refractivity contribution in [3.63, 3.8) is 0 Å². The maximum absolute atomic E-state index is 11.8. The highest BCUT2D eigenvalue weighted by Crippen LogP contribution is 2.14. The Hall–Kier alpha value is -2.57. The lowest BCUT2D eigenvalue weighted by Crippen LogP contribution is -2.31. The fourth-order valence-electron chi connectivity index (χ4n) is 1.68. The Kier molecular flexibility index (Phi) is 7.45. The van der Waals surface area contributed by atoms with Crippen LogP contribution in [0.15, 0.2) is 24.3 Å². The Bertz CT molecular complexity index is 530. The molecule has 0 aromatic heterocycles. The first kappa shape index (κ1) is 17.5. The average molecular weight is 308 g/mol. The van der Waals surface area contributed by atoms with Gasteiger partial charge in [-0.3, -0.25) is 14.4 Å². The molecule has 0 aliphatic heterocycles. The molecule has 3 N–H and O–H groups in total. The van der Waals surface area contributed by atoms with Crippen LogP contribution in [0.4, 0.5) is 0 Å². The largest absolute Gasteiger partial charge is 0.507 e. The third-order valence-electron chi connectivity index (χ3n) is 2.74. The first-order chi connectivity index (χ1) is 10.5. The van der Waals surface area contributed by atoms with Crippen molar-refractivity contribution >= 4 is 17.8 Å². The lowest BCUT2D eigenvalue weighted by molar-refractivity contribution is -0.143. The summed E-state index contributed by atoms with van der Waals surface area (Å²) in [5, 5.41) is 14.6. The summed E-state index contributed by atoms with van der Waals surface area (Å²) in [6.45, 7) is 2.36. The predicted octanol–water partition coefficient (Wildman–Crippen LogP) is 0.582. The highest BCUT2D eigenvalue weighted by Gasteiger charge is 2.10. The number of amides is 2. The van der Waals surface area contributed by atoms with Crippen LogP contribution in [-0.4, -0.2) is 42.6 Å². The van der Waals surface area contributed by atoms with Crippen molar-refractivity contribution < 1.29 is 24.2 Å². The van der Waals surface area contributed by atoms with Crippen LogP contribution in [0.2, 0.25) is 0 Å². The number of phenols is 1. The van der Waals surface area contributed by atoms with E-state index in [2.05, 4.69) is 10.6 Å². The van der Waals surface area contributed by atoms with Gasteiger partial charge in [0, 0.05) is 19.5 Å². The molecule has 7 nitrogen and oxygen atoms in total. The minimum Gasteiger partial charge on any atom is -0.507 e. The number of rotatable bonds is 8. The van der Waals surface area contributed by atoms with E-state index < -0.39 is 5.91 Å². The molecule has 0 radical (unpaired) electrons. The minimum absolute atomic E-state index is 0.0855. The third-order valence-corrected chi connectivity index (χ3v) is 2.74. The molecule has 0 bridgehead atoms. The van der Waals surface area contributed by atoms with Crippen molar-refractivity contribution in [3.05, 3.63) is 29.8 Å². The van der Waals surface area contributed by atoms with E-state index in [9.17, 15) is 19.5 Å². The number of para-hydroxylation sites is 1. The Labute approximate surface area is 128 Å². The number of ether oxygens (including phenoxy) is 1. The first-order valence-electron chi connectivity index (χ1n) is 7.03. The maximum Gasteiger partial charge on any atom is 0.307 e. The predicted molar refractivity (Wildman–Crippen MR) is 79.3 cm³/mol. The number of benzene rings is 1. The fraction of sp³-hybridized carbons (Fsp3) is 0.400. The molecular weight excluding hydrogens is 288 g/mol. The zero-order valence-electron chi connectivity index (χ0n) is 12.4. The van der Waals surface area contributed by atoms with E-state index >= 15 is 0 Å². The molecule has 7 heteroatoms. The highest BCUT2D eigenvalue weighted by molar-refractivity contribution is 5.96. The molecule has 0 saturated heterocycles. The molecule has 0 spiro atoms. The summed E-state index contributed by atoms with van der Waals surface area (Å²) in [6, 6.07) is 6.15. The van der Waals surface area contributed by atoms with Crippen molar-refractivity contribution in [1.82, 2.24) is 10.6 Å². The van der Waals surface area contributed by atoms with Gasteiger partial charge in [0.25, 0.3) is 5.91 Å². The summed E-state index contributed by atoms with van der Waals surface area (Å²) in [6.07, 6.45) is 0.200. The number of hydrogen-bond donors (Lipinski definition) is 3. The number of hydrogen-bond acceptors (Lipinski definition) is 5. The van der Waals surface area contributed by atoms with Crippen molar-refractivity contribution in [2.45, 2.75) is 19.8 Å². The highest BCUT2D eigenvalue weighted by atomic mass is 16.5. The van der Waals surface area contributed by atoms with Crippen LogP contribution in [0, 0.1) is 0 Å². The summed E-state index contributed by atoms with van der Waals surface area (Å²) in [4.78, 5) is 34.3. The van der Waals surface area contributed by atoms with Gasteiger partial charge in [-0.15, -0.1) is 0 Å². The Morgan fingerprint density at radius 3 is 2.45 bits per heavy atom. The first-order valence-corrected chi connectivity index (χ1v) is 7.03. The fourth-order valence-corrected chi connectivity index (χ4v) is 1.68. The van der Waals surface area contributed by atoms with E-state index in [4.69, 9.17) is 4.74 Å². The zero-order valence-corrected chi connectivity index (χ0v) is 12.4. The molecule has 2 amide bonds. The van der Waals surface area contributed by atoms with Crippen molar-refractivity contribution in [1.29, 1.82) is 0 Å². The van der Waals surface area contributed by atoms with E-state index in [0.717, 1.165) is 0 Å². The molecule has 120 valence electrons. The van der Waals surface area contributed by atoms with E-state index in [0.29, 0.717) is 6.61 Å². The number of carbonyl (C=O) groups is 3. The SMILES string of the molecule is CCOC(=O)CCNC(=O)CCNC(=O)c1ccccc1O. The molecule has 0 unspecified atom stereocenters. The molecule has 1 aromatic carbocycles. The molecule has 1 aromatic rings. The normalized spacial score (nSPS) is 9.86. The van der Waals surface area contributed by atoms with E-state index in [1.165, 1.54) is 12.1 Å². The molecule has 22 heavy (non-hydrogen) atoms. The number of nitrogens with one attached hydrogen (secondary N) is 2. The summed E-state index contributed by atoms with van der Waals surface area (Å²) >= 11 is 0. The van der Waals surface area contributed by atoms with Crippen LogP contribution < -0.4 is 10.6 Å².